The first kappa shape index (κ1) is 22.8. The Bertz CT molecular complexity index is 1200. The minimum absolute atomic E-state index is 0.122. The second kappa shape index (κ2) is 9.60. The predicted octanol–water partition coefficient (Wildman–Crippen LogP) is 1.92. The van der Waals surface area contributed by atoms with Crippen LogP contribution in [0, 0.1) is 13.8 Å². The van der Waals surface area contributed by atoms with Gasteiger partial charge in [-0.25, -0.2) is 15.0 Å². The highest BCUT2D eigenvalue weighted by Gasteiger charge is 2.29. The molecule has 172 valence electrons. The van der Waals surface area contributed by atoms with Gasteiger partial charge in [0.1, 0.15) is 11.9 Å². The maximum atomic E-state index is 13.1. The third-order valence-electron chi connectivity index (χ3n) is 5.76. The molecule has 0 spiro atoms. The molecule has 1 aliphatic heterocycles. The molecule has 1 aliphatic rings. The zero-order valence-electron chi connectivity index (χ0n) is 19.0. The van der Waals surface area contributed by atoms with E-state index in [1.54, 1.807) is 38.1 Å². The number of morpholine rings is 1. The smallest absolute Gasteiger partial charge is 0.257 e. The fourth-order valence-corrected chi connectivity index (χ4v) is 3.97. The Labute approximate surface area is 192 Å². The number of pyridine rings is 1. The van der Waals surface area contributed by atoms with E-state index < -0.39 is 6.10 Å². The number of likely N-dealkylation sites (N-methyl/N-ethyl adjacent to an activating group) is 1. The van der Waals surface area contributed by atoms with Gasteiger partial charge in [-0.1, -0.05) is 18.2 Å². The fraction of sp³-hybridized carbons (Fsp3) is 0.375. The van der Waals surface area contributed by atoms with Crippen molar-refractivity contribution in [2.45, 2.75) is 20.0 Å². The van der Waals surface area contributed by atoms with Crippen LogP contribution in [0.25, 0.3) is 10.9 Å². The van der Waals surface area contributed by atoms with Crippen LogP contribution >= 0.6 is 0 Å². The fourth-order valence-electron chi connectivity index (χ4n) is 3.97. The zero-order chi connectivity index (χ0) is 23.5. The number of aryl methyl sites for hydroxylation is 2. The lowest BCUT2D eigenvalue weighted by Gasteiger charge is -2.33. The molecule has 0 bridgehead atoms. The van der Waals surface area contributed by atoms with Gasteiger partial charge in [-0.3, -0.25) is 9.59 Å². The lowest BCUT2D eigenvalue weighted by Crippen LogP contribution is -2.43. The molecule has 1 fully saturated rings. The van der Waals surface area contributed by atoms with E-state index in [4.69, 9.17) is 9.72 Å². The van der Waals surface area contributed by atoms with E-state index in [0.29, 0.717) is 53.6 Å². The standard InChI is InChI=1S/C24H27N5O4/c1-15-19(13-25-16(2)26-15)24(32)29-9-11-33-22(14-29)21-12-18(23(31)28(3)8-10-30)17-6-4-5-7-20(17)27-21/h4-7,12-13,22,30H,8-11,14H2,1-3H3. The highest BCUT2D eigenvalue weighted by molar-refractivity contribution is 6.06. The van der Waals surface area contributed by atoms with Crippen molar-refractivity contribution in [3.63, 3.8) is 0 Å². The van der Waals surface area contributed by atoms with Crippen LogP contribution < -0.4 is 0 Å². The quantitative estimate of drug-likeness (QED) is 0.634. The summed E-state index contributed by atoms with van der Waals surface area (Å²) in [6.07, 6.45) is 1.08. The number of nitrogens with zero attached hydrogens (tertiary/aromatic N) is 5. The molecule has 1 atom stereocenters. The Balaban J connectivity index is 1.65. The van der Waals surface area contributed by atoms with Gasteiger partial charge in [-0.15, -0.1) is 0 Å². The number of aliphatic hydroxyl groups is 1. The van der Waals surface area contributed by atoms with Crippen LogP contribution in [-0.4, -0.2) is 81.6 Å². The van der Waals surface area contributed by atoms with Gasteiger partial charge in [0, 0.05) is 31.7 Å². The number of aromatic nitrogens is 3. The summed E-state index contributed by atoms with van der Waals surface area (Å²) in [5.74, 6) is 0.258. The summed E-state index contributed by atoms with van der Waals surface area (Å²) in [4.78, 5) is 42.6. The van der Waals surface area contributed by atoms with Gasteiger partial charge in [0.25, 0.3) is 11.8 Å². The summed E-state index contributed by atoms with van der Waals surface area (Å²) in [7, 11) is 1.65. The first-order valence-corrected chi connectivity index (χ1v) is 10.9. The van der Waals surface area contributed by atoms with Crippen LogP contribution in [0.3, 0.4) is 0 Å². The number of rotatable bonds is 5. The highest BCUT2D eigenvalue weighted by atomic mass is 16.5. The lowest BCUT2D eigenvalue weighted by atomic mass is 10.0. The molecule has 1 aromatic carbocycles. The second-order valence-electron chi connectivity index (χ2n) is 8.09. The molecular weight excluding hydrogens is 422 g/mol. The van der Waals surface area contributed by atoms with Crippen molar-refractivity contribution < 1.29 is 19.4 Å². The lowest BCUT2D eigenvalue weighted by molar-refractivity contribution is -0.0246. The van der Waals surface area contributed by atoms with E-state index in [-0.39, 0.29) is 25.0 Å². The van der Waals surface area contributed by atoms with Crippen molar-refractivity contribution in [3.8, 4) is 0 Å². The molecule has 3 heterocycles. The van der Waals surface area contributed by atoms with Crippen LogP contribution in [0.15, 0.2) is 36.5 Å². The monoisotopic (exact) mass is 449 g/mol. The van der Waals surface area contributed by atoms with Crippen LogP contribution in [0.2, 0.25) is 0 Å². The normalized spacial score (nSPS) is 16.1. The Morgan fingerprint density at radius 3 is 2.76 bits per heavy atom. The van der Waals surface area contributed by atoms with Crippen LogP contribution in [0.5, 0.6) is 0 Å². The number of hydrogen-bond acceptors (Lipinski definition) is 7. The summed E-state index contributed by atoms with van der Waals surface area (Å²) in [6, 6.07) is 9.15. The number of benzene rings is 1. The first-order valence-electron chi connectivity index (χ1n) is 10.9. The average molecular weight is 450 g/mol. The van der Waals surface area contributed by atoms with Crippen molar-refractivity contribution in [3.05, 3.63) is 64.9 Å². The van der Waals surface area contributed by atoms with E-state index in [1.165, 1.54) is 4.90 Å². The second-order valence-corrected chi connectivity index (χ2v) is 8.09. The van der Waals surface area contributed by atoms with Gasteiger partial charge in [-0.05, 0) is 26.0 Å². The molecule has 0 saturated carbocycles. The number of carbonyl (C=O) groups excluding carboxylic acids is 2. The van der Waals surface area contributed by atoms with Crippen molar-refractivity contribution in [1.82, 2.24) is 24.8 Å². The SMILES string of the molecule is Cc1ncc(C(=O)N2CCOC(c3cc(C(=O)N(C)CCO)c4ccccc4n3)C2)c(C)n1. The first-order chi connectivity index (χ1) is 15.9. The Morgan fingerprint density at radius 2 is 2.00 bits per heavy atom. The van der Waals surface area contributed by atoms with Crippen molar-refractivity contribution >= 4 is 22.7 Å². The molecule has 9 heteroatoms. The summed E-state index contributed by atoms with van der Waals surface area (Å²) >= 11 is 0. The molecule has 0 radical (unpaired) electrons. The molecule has 1 unspecified atom stereocenters. The van der Waals surface area contributed by atoms with Gasteiger partial charge in [0.15, 0.2) is 0 Å². The van der Waals surface area contributed by atoms with Gasteiger partial charge in [0.05, 0.1) is 47.8 Å². The van der Waals surface area contributed by atoms with Crippen molar-refractivity contribution in [1.29, 1.82) is 0 Å². The Hall–Kier alpha value is -3.43. The minimum atomic E-state index is -0.478. The number of hydrogen-bond donors (Lipinski definition) is 1. The largest absolute Gasteiger partial charge is 0.395 e. The highest BCUT2D eigenvalue weighted by Crippen LogP contribution is 2.27. The molecule has 2 amide bonds. The zero-order valence-corrected chi connectivity index (χ0v) is 19.0. The summed E-state index contributed by atoms with van der Waals surface area (Å²) in [5, 5.41) is 9.97. The molecule has 9 nitrogen and oxygen atoms in total. The third-order valence-corrected chi connectivity index (χ3v) is 5.76. The van der Waals surface area contributed by atoms with Crippen molar-refractivity contribution in [2.75, 3.05) is 39.9 Å². The van der Waals surface area contributed by atoms with Crippen LogP contribution in [0.1, 0.15) is 44.0 Å². The molecule has 2 aromatic heterocycles. The molecular formula is C24H27N5O4. The maximum absolute atomic E-state index is 13.1. The van der Waals surface area contributed by atoms with Gasteiger partial charge in [0.2, 0.25) is 0 Å². The number of carbonyl (C=O) groups is 2. The number of aliphatic hydroxyl groups excluding tert-OH is 1. The Morgan fingerprint density at radius 1 is 1.21 bits per heavy atom. The number of ether oxygens (including phenoxy) is 1. The van der Waals surface area contributed by atoms with E-state index in [0.717, 1.165) is 5.39 Å². The summed E-state index contributed by atoms with van der Waals surface area (Å²) < 4.78 is 5.97. The van der Waals surface area contributed by atoms with Gasteiger partial charge in [-0.2, -0.15) is 0 Å². The van der Waals surface area contributed by atoms with Gasteiger partial charge < -0.3 is 19.6 Å². The number of para-hydroxylation sites is 1. The third kappa shape index (κ3) is 4.69. The molecule has 4 rings (SSSR count). The summed E-state index contributed by atoms with van der Waals surface area (Å²) in [5.41, 5.74) is 2.85. The number of amides is 2. The molecule has 1 saturated heterocycles. The minimum Gasteiger partial charge on any atom is -0.395 e. The average Bonchev–Trinajstić information content (AvgIpc) is 2.82. The molecule has 33 heavy (non-hydrogen) atoms. The maximum Gasteiger partial charge on any atom is 0.257 e. The summed E-state index contributed by atoms with van der Waals surface area (Å²) in [6.45, 7) is 4.79. The van der Waals surface area contributed by atoms with E-state index in [1.807, 2.05) is 24.3 Å². The van der Waals surface area contributed by atoms with Gasteiger partial charge >= 0.3 is 0 Å². The molecule has 3 aromatic rings. The van der Waals surface area contributed by atoms with E-state index in [2.05, 4.69) is 9.97 Å². The molecule has 1 N–H and O–H groups in total. The van der Waals surface area contributed by atoms with E-state index >= 15 is 0 Å². The topological polar surface area (TPSA) is 109 Å². The number of fused-ring (bicyclic) bond motifs is 1. The van der Waals surface area contributed by atoms with Crippen LogP contribution in [-0.2, 0) is 4.74 Å². The van der Waals surface area contributed by atoms with Crippen molar-refractivity contribution in [2.24, 2.45) is 0 Å². The Kier molecular flexibility index (Phi) is 6.62. The van der Waals surface area contributed by atoms with E-state index in [9.17, 15) is 14.7 Å². The predicted molar refractivity (Wildman–Crippen MR) is 122 cm³/mol. The van der Waals surface area contributed by atoms with Crippen LogP contribution in [0.4, 0.5) is 0 Å². The molecule has 0 aliphatic carbocycles.